The van der Waals surface area contributed by atoms with E-state index >= 15 is 0 Å². The van der Waals surface area contributed by atoms with E-state index < -0.39 is 0 Å². The highest BCUT2D eigenvalue weighted by atomic mass is 35.5. The number of halogens is 1. The summed E-state index contributed by atoms with van der Waals surface area (Å²) in [6.45, 7) is 1.92. The van der Waals surface area contributed by atoms with Gasteiger partial charge in [-0.25, -0.2) is 0 Å². The summed E-state index contributed by atoms with van der Waals surface area (Å²) in [4.78, 5) is 12.2. The van der Waals surface area contributed by atoms with Crippen molar-refractivity contribution in [1.29, 1.82) is 0 Å². The Hall–Kier alpha value is -2.00. The minimum Gasteiger partial charge on any atom is -0.399 e. The van der Waals surface area contributed by atoms with Gasteiger partial charge in [-0.05, 0) is 30.7 Å². The molecule has 3 nitrogen and oxygen atoms in total. The van der Waals surface area contributed by atoms with Crippen LogP contribution in [0, 0.1) is 0 Å². The summed E-state index contributed by atoms with van der Waals surface area (Å²) in [7, 11) is 0. The van der Waals surface area contributed by atoms with E-state index in [1.165, 1.54) is 0 Å². The number of hydrogen-bond donors (Lipinski definition) is 2. The monoisotopic (exact) mass is 274 g/mol. The molecule has 0 spiro atoms. The molecule has 19 heavy (non-hydrogen) atoms. The maximum Gasteiger partial charge on any atom is 0.253 e. The van der Waals surface area contributed by atoms with Gasteiger partial charge in [-0.1, -0.05) is 41.9 Å². The third-order valence-electron chi connectivity index (χ3n) is 2.88. The molecule has 0 aliphatic carbocycles. The zero-order valence-electron chi connectivity index (χ0n) is 10.6. The van der Waals surface area contributed by atoms with Crippen molar-refractivity contribution in [3.8, 4) is 0 Å². The molecule has 3 N–H and O–H groups in total. The Bertz CT molecular complexity index is 584. The molecule has 2 aromatic carbocycles. The van der Waals surface area contributed by atoms with Crippen LogP contribution in [-0.4, -0.2) is 5.91 Å². The molecule has 0 bridgehead atoms. The van der Waals surface area contributed by atoms with Crippen molar-refractivity contribution in [2.45, 2.75) is 13.0 Å². The van der Waals surface area contributed by atoms with Crippen LogP contribution in [-0.2, 0) is 0 Å². The lowest BCUT2D eigenvalue weighted by atomic mass is 10.1. The lowest BCUT2D eigenvalue weighted by Crippen LogP contribution is -2.26. The van der Waals surface area contributed by atoms with Crippen molar-refractivity contribution in [1.82, 2.24) is 5.32 Å². The molecule has 98 valence electrons. The Morgan fingerprint density at radius 2 is 1.89 bits per heavy atom. The van der Waals surface area contributed by atoms with Gasteiger partial charge in [0.05, 0.1) is 16.6 Å². The van der Waals surface area contributed by atoms with E-state index in [-0.39, 0.29) is 11.9 Å². The quantitative estimate of drug-likeness (QED) is 0.843. The number of hydrogen-bond acceptors (Lipinski definition) is 2. The van der Waals surface area contributed by atoms with Crippen LogP contribution in [0.1, 0.15) is 28.9 Å². The topological polar surface area (TPSA) is 55.1 Å². The lowest BCUT2D eigenvalue weighted by molar-refractivity contribution is 0.0940. The minimum atomic E-state index is -0.228. The summed E-state index contributed by atoms with van der Waals surface area (Å²) in [5, 5.41) is 3.30. The fraction of sp³-hybridized carbons (Fsp3) is 0.133. The van der Waals surface area contributed by atoms with Crippen LogP contribution in [0.4, 0.5) is 5.69 Å². The summed E-state index contributed by atoms with van der Waals surface area (Å²) in [5.41, 5.74) is 7.62. The first-order valence-electron chi connectivity index (χ1n) is 5.99. The smallest absolute Gasteiger partial charge is 0.253 e. The van der Waals surface area contributed by atoms with E-state index in [4.69, 9.17) is 17.3 Å². The molecule has 1 atom stereocenters. The van der Waals surface area contributed by atoms with Gasteiger partial charge in [0.1, 0.15) is 0 Å². The Morgan fingerprint density at radius 3 is 2.58 bits per heavy atom. The number of nitrogens with two attached hydrogens (primary N) is 1. The molecule has 0 saturated heterocycles. The first-order chi connectivity index (χ1) is 9.08. The number of benzene rings is 2. The molecular weight excluding hydrogens is 260 g/mol. The average molecular weight is 275 g/mol. The molecular formula is C15H15ClN2O. The molecule has 0 saturated carbocycles. The van der Waals surface area contributed by atoms with Crippen molar-refractivity contribution >= 4 is 23.2 Å². The number of carbonyl (C=O) groups is 1. The van der Waals surface area contributed by atoms with Gasteiger partial charge in [0.2, 0.25) is 0 Å². The molecule has 0 aliphatic heterocycles. The average Bonchev–Trinajstić information content (AvgIpc) is 2.42. The highest BCUT2D eigenvalue weighted by Gasteiger charge is 2.14. The summed E-state index contributed by atoms with van der Waals surface area (Å²) in [6.07, 6.45) is 0. The van der Waals surface area contributed by atoms with Gasteiger partial charge in [0.15, 0.2) is 0 Å². The Kier molecular flexibility index (Phi) is 4.07. The van der Waals surface area contributed by atoms with Crippen LogP contribution in [0.5, 0.6) is 0 Å². The van der Waals surface area contributed by atoms with Crippen molar-refractivity contribution in [2.24, 2.45) is 0 Å². The van der Waals surface area contributed by atoms with Gasteiger partial charge >= 0.3 is 0 Å². The molecule has 1 amide bonds. The molecule has 2 rings (SSSR count). The van der Waals surface area contributed by atoms with E-state index in [1.807, 2.05) is 37.3 Å². The van der Waals surface area contributed by atoms with Crippen LogP contribution in [0.3, 0.4) is 0 Å². The van der Waals surface area contributed by atoms with Gasteiger partial charge in [-0.3, -0.25) is 4.79 Å². The molecule has 0 radical (unpaired) electrons. The van der Waals surface area contributed by atoms with E-state index in [0.717, 1.165) is 5.56 Å². The fourth-order valence-corrected chi connectivity index (χ4v) is 2.02. The summed E-state index contributed by atoms with van der Waals surface area (Å²) in [6, 6.07) is 14.5. The highest BCUT2D eigenvalue weighted by molar-refractivity contribution is 6.34. The van der Waals surface area contributed by atoms with E-state index in [9.17, 15) is 4.79 Å². The van der Waals surface area contributed by atoms with Crippen molar-refractivity contribution in [3.05, 3.63) is 64.7 Å². The van der Waals surface area contributed by atoms with Crippen LogP contribution in [0.2, 0.25) is 5.02 Å². The number of nitrogens with one attached hydrogen (secondary N) is 1. The number of rotatable bonds is 3. The molecule has 1 unspecified atom stereocenters. The van der Waals surface area contributed by atoms with Crippen molar-refractivity contribution in [3.63, 3.8) is 0 Å². The third-order valence-corrected chi connectivity index (χ3v) is 3.21. The first-order valence-corrected chi connectivity index (χ1v) is 6.36. The van der Waals surface area contributed by atoms with Crippen LogP contribution in [0.25, 0.3) is 0 Å². The first kappa shape index (κ1) is 13.4. The van der Waals surface area contributed by atoms with Crippen molar-refractivity contribution < 1.29 is 4.79 Å². The maximum absolute atomic E-state index is 12.2. The van der Waals surface area contributed by atoms with Crippen LogP contribution in [0.15, 0.2) is 48.5 Å². The second kappa shape index (κ2) is 5.76. The van der Waals surface area contributed by atoms with E-state index in [1.54, 1.807) is 18.2 Å². The normalized spacial score (nSPS) is 11.9. The van der Waals surface area contributed by atoms with E-state index in [2.05, 4.69) is 5.32 Å². The molecule has 0 heterocycles. The predicted octanol–water partition coefficient (Wildman–Crippen LogP) is 3.41. The summed E-state index contributed by atoms with van der Waals surface area (Å²) < 4.78 is 0. The van der Waals surface area contributed by atoms with Gasteiger partial charge in [0.25, 0.3) is 5.91 Å². The van der Waals surface area contributed by atoms with Crippen LogP contribution >= 0.6 is 11.6 Å². The molecule has 0 aromatic heterocycles. The molecule has 0 fully saturated rings. The second-order valence-corrected chi connectivity index (χ2v) is 4.75. The lowest BCUT2D eigenvalue weighted by Gasteiger charge is -2.15. The van der Waals surface area contributed by atoms with Gasteiger partial charge < -0.3 is 11.1 Å². The molecule has 4 heteroatoms. The SMILES string of the molecule is CC(NC(=O)c1cc(N)ccc1Cl)c1ccccc1. The predicted molar refractivity (Wildman–Crippen MR) is 78.2 cm³/mol. The van der Waals surface area contributed by atoms with Gasteiger partial charge in [-0.15, -0.1) is 0 Å². The number of anilines is 1. The van der Waals surface area contributed by atoms with Crippen LogP contribution < -0.4 is 11.1 Å². The molecule has 0 aliphatic rings. The summed E-state index contributed by atoms with van der Waals surface area (Å²) >= 11 is 6.00. The Morgan fingerprint density at radius 1 is 1.21 bits per heavy atom. The zero-order chi connectivity index (χ0) is 13.8. The van der Waals surface area contributed by atoms with Gasteiger partial charge in [0, 0.05) is 5.69 Å². The standard InChI is InChI=1S/C15H15ClN2O/c1-10(11-5-3-2-4-6-11)18-15(19)13-9-12(17)7-8-14(13)16/h2-10H,17H2,1H3,(H,18,19). The number of carbonyl (C=O) groups excluding carboxylic acids is 1. The third kappa shape index (κ3) is 3.26. The number of amides is 1. The summed E-state index contributed by atoms with van der Waals surface area (Å²) in [5.74, 6) is -0.228. The largest absolute Gasteiger partial charge is 0.399 e. The Labute approximate surface area is 117 Å². The maximum atomic E-state index is 12.2. The Balaban J connectivity index is 2.15. The van der Waals surface area contributed by atoms with Gasteiger partial charge in [-0.2, -0.15) is 0 Å². The minimum absolute atomic E-state index is 0.0915. The van der Waals surface area contributed by atoms with Crippen molar-refractivity contribution in [2.75, 3.05) is 5.73 Å². The van der Waals surface area contributed by atoms with E-state index in [0.29, 0.717) is 16.3 Å². The fourth-order valence-electron chi connectivity index (χ4n) is 1.82. The second-order valence-electron chi connectivity index (χ2n) is 4.35. The number of nitrogen functional groups attached to an aromatic ring is 1. The zero-order valence-corrected chi connectivity index (χ0v) is 11.3. The molecule has 2 aromatic rings. The highest BCUT2D eigenvalue weighted by Crippen LogP contribution is 2.20.